The summed E-state index contributed by atoms with van der Waals surface area (Å²) in [7, 11) is 0. The van der Waals surface area contributed by atoms with E-state index in [1.807, 2.05) is 0 Å². The van der Waals surface area contributed by atoms with Gasteiger partial charge in [0.05, 0.1) is 10.0 Å². The number of nitrogens with two attached hydrogens (primary N) is 2. The van der Waals surface area contributed by atoms with Crippen molar-refractivity contribution in [2.75, 3.05) is 0 Å². The molecule has 0 aliphatic carbocycles. The summed E-state index contributed by atoms with van der Waals surface area (Å²) in [6.07, 6.45) is 0. The van der Waals surface area contributed by atoms with Gasteiger partial charge in [0.1, 0.15) is 0 Å². The maximum absolute atomic E-state index is 10.7. The molecule has 0 saturated heterocycles. The summed E-state index contributed by atoms with van der Waals surface area (Å²) < 4.78 is 0. The van der Waals surface area contributed by atoms with E-state index in [9.17, 15) is 25.3 Å². The summed E-state index contributed by atoms with van der Waals surface area (Å²) in [5.74, 6) is -6.16. The quantitative estimate of drug-likeness (QED) is 0.231. The van der Waals surface area contributed by atoms with Gasteiger partial charge in [0.25, 0.3) is 0 Å². The zero-order valence-corrected chi connectivity index (χ0v) is 7.47. The number of aliphatic imine (C=N–C) groups is 1. The van der Waals surface area contributed by atoms with Crippen LogP contribution in [-0.4, -0.2) is 26.7 Å². The second-order valence-corrected chi connectivity index (χ2v) is 2.56. The van der Waals surface area contributed by atoms with E-state index in [1.54, 1.807) is 0 Å². The first-order chi connectivity index (χ1) is 7.31. The van der Waals surface area contributed by atoms with Gasteiger partial charge in [0.15, 0.2) is 5.96 Å². The number of aliphatic hydroxyl groups is 1. The van der Waals surface area contributed by atoms with E-state index in [-0.39, 0.29) is 0 Å². The van der Waals surface area contributed by atoms with Gasteiger partial charge in [0, 0.05) is 5.11 Å². The van der Waals surface area contributed by atoms with E-state index in [4.69, 9.17) is 11.5 Å². The van der Waals surface area contributed by atoms with E-state index >= 15 is 0 Å². The zero-order chi connectivity index (χ0) is 12.5. The molecular formula is C4H5N7O5. The van der Waals surface area contributed by atoms with Crippen LogP contribution in [0.4, 0.5) is 0 Å². The predicted molar refractivity (Wildman–Crippen MR) is 47.0 cm³/mol. The second kappa shape index (κ2) is 3.41. The molecule has 1 aliphatic heterocycles. The Kier molecular flexibility index (Phi) is 2.41. The smallest absolute Gasteiger partial charge is 0.496 e. The number of guanidine groups is 1. The van der Waals surface area contributed by atoms with E-state index in [2.05, 4.69) is 15.2 Å². The first-order valence-electron chi connectivity index (χ1n) is 3.57. The Morgan fingerprint density at radius 2 is 2.00 bits per heavy atom. The lowest BCUT2D eigenvalue weighted by Crippen LogP contribution is -2.39. The largest absolute Gasteiger partial charge is 0.517 e. The molecule has 5 N–H and O–H groups in total. The van der Waals surface area contributed by atoms with Crippen molar-refractivity contribution in [3.05, 3.63) is 31.8 Å². The summed E-state index contributed by atoms with van der Waals surface area (Å²) in [6, 6.07) is 0. The SMILES string of the molecule is NC(N)=NC1([N+](=O)[O-])N=NC([N+](=O)[O-])=C1O. The molecule has 0 spiro atoms. The van der Waals surface area contributed by atoms with Gasteiger partial charge >= 0.3 is 17.4 Å². The van der Waals surface area contributed by atoms with Crippen LogP contribution in [0.25, 0.3) is 0 Å². The highest BCUT2D eigenvalue weighted by Gasteiger charge is 2.61. The number of hydrogen-bond acceptors (Lipinski definition) is 8. The Hall–Kier alpha value is -2.79. The van der Waals surface area contributed by atoms with Gasteiger partial charge in [-0.1, -0.05) is 0 Å². The minimum Gasteiger partial charge on any atom is -0.496 e. The molecule has 86 valence electrons. The van der Waals surface area contributed by atoms with Crippen molar-refractivity contribution < 1.29 is 15.0 Å². The van der Waals surface area contributed by atoms with Crippen LogP contribution >= 0.6 is 0 Å². The topological polar surface area (TPSA) is 196 Å². The Morgan fingerprint density at radius 3 is 2.31 bits per heavy atom. The minimum atomic E-state index is -2.86. The van der Waals surface area contributed by atoms with Gasteiger partial charge in [0.2, 0.25) is 0 Å². The molecule has 0 aromatic rings. The number of rotatable bonds is 3. The molecule has 0 fully saturated rings. The van der Waals surface area contributed by atoms with Crippen molar-refractivity contribution in [1.82, 2.24) is 0 Å². The van der Waals surface area contributed by atoms with Crippen LogP contribution in [0.15, 0.2) is 26.8 Å². The van der Waals surface area contributed by atoms with Crippen LogP contribution in [0.5, 0.6) is 0 Å². The van der Waals surface area contributed by atoms with Crippen LogP contribution in [0.1, 0.15) is 0 Å². The molecule has 0 bridgehead atoms. The van der Waals surface area contributed by atoms with Crippen LogP contribution in [0, 0.1) is 20.2 Å². The molecule has 12 nitrogen and oxygen atoms in total. The normalized spacial score (nSPS) is 23.2. The number of nitro groups is 2. The summed E-state index contributed by atoms with van der Waals surface area (Å²) in [5, 5.41) is 36.0. The van der Waals surface area contributed by atoms with Crippen molar-refractivity contribution in [3.63, 3.8) is 0 Å². The molecule has 0 aromatic heterocycles. The van der Waals surface area contributed by atoms with E-state index in [0.29, 0.717) is 0 Å². The molecule has 0 saturated carbocycles. The lowest BCUT2D eigenvalue weighted by Gasteiger charge is -2.07. The molecule has 0 amide bonds. The fourth-order valence-electron chi connectivity index (χ4n) is 0.904. The maximum atomic E-state index is 10.7. The van der Waals surface area contributed by atoms with Crippen LogP contribution in [0.3, 0.4) is 0 Å². The van der Waals surface area contributed by atoms with Crippen molar-refractivity contribution in [3.8, 4) is 0 Å². The highest BCUT2D eigenvalue weighted by Crippen LogP contribution is 2.32. The summed E-state index contributed by atoms with van der Waals surface area (Å²) >= 11 is 0. The molecule has 0 radical (unpaired) electrons. The monoisotopic (exact) mass is 231 g/mol. The molecule has 1 aliphatic rings. The minimum absolute atomic E-state index is 0.771. The molecule has 1 rings (SSSR count). The average Bonchev–Trinajstić information content (AvgIpc) is 2.44. The van der Waals surface area contributed by atoms with Crippen LogP contribution < -0.4 is 11.5 Å². The Labute approximate surface area is 86.3 Å². The fourth-order valence-corrected chi connectivity index (χ4v) is 0.904. The van der Waals surface area contributed by atoms with Crippen molar-refractivity contribution in [1.29, 1.82) is 0 Å². The maximum Gasteiger partial charge on any atom is 0.517 e. The van der Waals surface area contributed by atoms with E-state index in [1.165, 1.54) is 0 Å². The number of nitrogens with zero attached hydrogens (tertiary/aromatic N) is 5. The first kappa shape index (κ1) is 11.3. The van der Waals surface area contributed by atoms with Crippen molar-refractivity contribution >= 4 is 5.96 Å². The second-order valence-electron chi connectivity index (χ2n) is 2.56. The summed E-state index contributed by atoms with van der Waals surface area (Å²) in [6.45, 7) is 0. The summed E-state index contributed by atoms with van der Waals surface area (Å²) in [5.41, 5.74) is 9.79. The van der Waals surface area contributed by atoms with Gasteiger partial charge in [-0.3, -0.25) is 10.1 Å². The lowest BCUT2D eigenvalue weighted by molar-refractivity contribution is -0.560. The highest BCUT2D eigenvalue weighted by atomic mass is 16.6. The molecular weight excluding hydrogens is 226 g/mol. The van der Waals surface area contributed by atoms with Gasteiger partial charge in [-0.2, -0.15) is 0 Å². The molecule has 16 heavy (non-hydrogen) atoms. The van der Waals surface area contributed by atoms with Crippen LogP contribution in [-0.2, 0) is 0 Å². The van der Waals surface area contributed by atoms with Gasteiger partial charge in [-0.05, 0) is 4.92 Å². The number of aliphatic hydroxyl groups excluding tert-OH is 1. The van der Waals surface area contributed by atoms with Gasteiger partial charge in [-0.15, -0.1) is 4.99 Å². The standard InChI is InChI=1S/C4H5N7O5/c5-3(6)7-4(11(15)16)1(12)2(8-9-4)10(13)14/h12H,(H4,5,6,7). The molecule has 0 aromatic carbocycles. The Balaban J connectivity index is 3.40. The van der Waals surface area contributed by atoms with E-state index in [0.717, 1.165) is 0 Å². The number of hydrogen-bond donors (Lipinski definition) is 3. The third-order valence-corrected chi connectivity index (χ3v) is 1.53. The zero-order valence-electron chi connectivity index (χ0n) is 7.47. The number of azo groups is 1. The third kappa shape index (κ3) is 1.47. The van der Waals surface area contributed by atoms with Gasteiger partial charge < -0.3 is 26.7 Å². The third-order valence-electron chi connectivity index (χ3n) is 1.53. The van der Waals surface area contributed by atoms with Crippen molar-refractivity contribution in [2.45, 2.75) is 5.79 Å². The summed E-state index contributed by atoms with van der Waals surface area (Å²) in [4.78, 5) is 21.6. The van der Waals surface area contributed by atoms with Crippen LogP contribution in [0.2, 0.25) is 0 Å². The molecule has 12 heteroatoms. The van der Waals surface area contributed by atoms with E-state index < -0.39 is 33.2 Å². The Bertz CT molecular complexity index is 448. The molecule has 1 atom stereocenters. The molecule has 1 unspecified atom stereocenters. The van der Waals surface area contributed by atoms with Crippen molar-refractivity contribution in [2.24, 2.45) is 26.7 Å². The fraction of sp³-hybridized carbons (Fsp3) is 0.250. The average molecular weight is 231 g/mol. The lowest BCUT2D eigenvalue weighted by atomic mass is 10.3. The van der Waals surface area contributed by atoms with Gasteiger partial charge in [-0.25, -0.2) is 0 Å². The molecule has 1 heterocycles. The first-order valence-corrected chi connectivity index (χ1v) is 3.57. The Morgan fingerprint density at radius 1 is 1.44 bits per heavy atom. The predicted octanol–water partition coefficient (Wildman–Crippen LogP) is -1.34. The highest BCUT2D eigenvalue weighted by molar-refractivity contribution is 5.76.